The van der Waals surface area contributed by atoms with Gasteiger partial charge in [-0.2, -0.15) is 14.3 Å². The van der Waals surface area contributed by atoms with Crippen molar-refractivity contribution in [1.29, 1.82) is 0 Å². The Balaban J connectivity index is 2.08. The van der Waals surface area contributed by atoms with Crippen molar-refractivity contribution in [2.24, 2.45) is 7.05 Å². The molecule has 2 aromatic carbocycles. The number of aromatic hydroxyl groups is 1. The first kappa shape index (κ1) is 14.0. The third kappa shape index (κ3) is 2.12. The number of rotatable bonds is 1. The van der Waals surface area contributed by atoms with Crippen molar-refractivity contribution in [3.05, 3.63) is 59.5 Å². The lowest BCUT2D eigenvalue weighted by Gasteiger charge is -2.01. The van der Waals surface area contributed by atoms with Crippen LogP contribution in [-0.2, 0) is 7.05 Å². The van der Waals surface area contributed by atoms with Gasteiger partial charge >= 0.3 is 0 Å². The van der Waals surface area contributed by atoms with Crippen molar-refractivity contribution in [2.75, 3.05) is 0 Å². The van der Waals surface area contributed by atoms with E-state index in [1.165, 1.54) is 16.8 Å². The third-order valence-corrected chi connectivity index (χ3v) is 4.11. The van der Waals surface area contributed by atoms with Gasteiger partial charge in [-0.05, 0) is 42.5 Å². The highest BCUT2D eigenvalue weighted by molar-refractivity contribution is 6.30. The standard InChI is InChI=1S/C17H11ClFN3O/c1-21-9-10-8-12(19)4-7-14(10)15-16(21)17(23)22(20-15)13-5-2-11(18)3-6-13/h2-9H,1H3/p+1. The maximum absolute atomic E-state index is 13.5. The van der Waals surface area contributed by atoms with Crippen LogP contribution in [0.25, 0.3) is 27.5 Å². The van der Waals surface area contributed by atoms with E-state index in [1.807, 2.05) is 0 Å². The Morgan fingerprint density at radius 3 is 2.65 bits per heavy atom. The second kappa shape index (κ2) is 4.93. The first-order chi connectivity index (χ1) is 11.0. The average molecular weight is 329 g/mol. The van der Waals surface area contributed by atoms with Crippen LogP contribution < -0.4 is 4.57 Å². The summed E-state index contributed by atoms with van der Waals surface area (Å²) in [6.45, 7) is 0. The number of aryl methyl sites for hydroxylation is 1. The van der Waals surface area contributed by atoms with Crippen LogP contribution in [0.1, 0.15) is 0 Å². The molecule has 6 heteroatoms. The van der Waals surface area contributed by atoms with Crippen LogP contribution in [0.4, 0.5) is 4.39 Å². The number of aromatic nitrogens is 3. The molecule has 0 bridgehead atoms. The van der Waals surface area contributed by atoms with E-state index in [1.54, 1.807) is 48.1 Å². The second-order valence-electron chi connectivity index (χ2n) is 5.38. The maximum Gasteiger partial charge on any atom is 0.296 e. The molecule has 0 aliphatic heterocycles. The van der Waals surface area contributed by atoms with E-state index in [4.69, 9.17) is 11.6 Å². The van der Waals surface area contributed by atoms with E-state index in [0.29, 0.717) is 21.7 Å². The summed E-state index contributed by atoms with van der Waals surface area (Å²) < 4.78 is 16.6. The molecule has 0 saturated carbocycles. The molecule has 114 valence electrons. The lowest BCUT2D eigenvalue weighted by Crippen LogP contribution is -2.28. The molecule has 0 aliphatic carbocycles. The Kier molecular flexibility index (Phi) is 2.99. The molecule has 0 saturated heterocycles. The molecular formula is C17H12ClFN3O+. The summed E-state index contributed by atoms with van der Waals surface area (Å²) in [4.78, 5) is 0. The van der Waals surface area contributed by atoms with Crippen LogP contribution >= 0.6 is 11.6 Å². The number of nitrogens with zero attached hydrogens (tertiary/aromatic N) is 3. The molecular weight excluding hydrogens is 317 g/mol. The minimum atomic E-state index is -0.307. The Morgan fingerprint density at radius 2 is 1.91 bits per heavy atom. The summed E-state index contributed by atoms with van der Waals surface area (Å²) in [7, 11) is 1.79. The molecule has 2 aromatic heterocycles. The van der Waals surface area contributed by atoms with Gasteiger partial charge in [0.05, 0.1) is 11.1 Å². The van der Waals surface area contributed by atoms with Crippen molar-refractivity contribution in [3.8, 4) is 11.6 Å². The van der Waals surface area contributed by atoms with E-state index in [0.717, 1.165) is 10.8 Å². The van der Waals surface area contributed by atoms with Gasteiger partial charge in [-0.25, -0.2) is 4.39 Å². The Bertz CT molecular complexity index is 1060. The average Bonchev–Trinajstić information content (AvgIpc) is 2.86. The van der Waals surface area contributed by atoms with Crippen LogP contribution in [0, 0.1) is 5.82 Å². The smallest absolute Gasteiger partial charge is 0.296 e. The van der Waals surface area contributed by atoms with Crippen molar-refractivity contribution >= 4 is 33.4 Å². The molecule has 0 amide bonds. The van der Waals surface area contributed by atoms with Crippen LogP contribution in [0.5, 0.6) is 5.88 Å². The molecule has 0 fully saturated rings. The van der Waals surface area contributed by atoms with Crippen molar-refractivity contribution in [2.45, 2.75) is 0 Å². The minimum Gasteiger partial charge on any atom is -0.488 e. The monoisotopic (exact) mass is 328 g/mol. The summed E-state index contributed by atoms with van der Waals surface area (Å²) in [5.41, 5.74) is 1.88. The number of fused-ring (bicyclic) bond motifs is 3. The van der Waals surface area contributed by atoms with Gasteiger partial charge < -0.3 is 5.11 Å². The summed E-state index contributed by atoms with van der Waals surface area (Å²) in [5, 5.41) is 17.2. The zero-order valence-electron chi connectivity index (χ0n) is 12.2. The number of benzene rings is 2. The zero-order chi connectivity index (χ0) is 16.1. The van der Waals surface area contributed by atoms with E-state index < -0.39 is 0 Å². The molecule has 2 heterocycles. The first-order valence-electron chi connectivity index (χ1n) is 7.00. The SMILES string of the molecule is C[n+]1cc2cc(F)ccc2c2nn(-c3ccc(Cl)cc3)c(O)c21. The molecule has 0 radical (unpaired) electrons. The van der Waals surface area contributed by atoms with E-state index in [-0.39, 0.29) is 11.7 Å². The highest BCUT2D eigenvalue weighted by atomic mass is 35.5. The topological polar surface area (TPSA) is 41.9 Å². The quantitative estimate of drug-likeness (QED) is 0.543. The van der Waals surface area contributed by atoms with E-state index in [2.05, 4.69) is 5.10 Å². The van der Waals surface area contributed by atoms with Gasteiger partial charge in [-0.15, -0.1) is 0 Å². The first-order valence-corrected chi connectivity index (χ1v) is 7.38. The van der Waals surface area contributed by atoms with Crippen molar-refractivity contribution in [1.82, 2.24) is 9.78 Å². The number of pyridine rings is 1. The highest BCUT2D eigenvalue weighted by Gasteiger charge is 2.23. The fourth-order valence-electron chi connectivity index (χ4n) is 2.80. The van der Waals surface area contributed by atoms with Gasteiger partial charge in [0.15, 0.2) is 11.7 Å². The summed E-state index contributed by atoms with van der Waals surface area (Å²) in [6, 6.07) is 11.5. The largest absolute Gasteiger partial charge is 0.488 e. The summed E-state index contributed by atoms with van der Waals surface area (Å²) in [6.07, 6.45) is 1.77. The Morgan fingerprint density at radius 1 is 1.17 bits per heavy atom. The number of hydrogen-bond acceptors (Lipinski definition) is 2. The van der Waals surface area contributed by atoms with Crippen LogP contribution in [-0.4, -0.2) is 14.9 Å². The number of halogens is 2. The van der Waals surface area contributed by atoms with E-state index >= 15 is 0 Å². The van der Waals surface area contributed by atoms with Gasteiger partial charge in [-0.1, -0.05) is 11.6 Å². The maximum atomic E-state index is 13.5. The summed E-state index contributed by atoms with van der Waals surface area (Å²) in [5.74, 6) is -0.283. The van der Waals surface area contributed by atoms with E-state index in [9.17, 15) is 9.50 Å². The molecule has 0 aliphatic rings. The van der Waals surface area contributed by atoms with Crippen LogP contribution in [0.15, 0.2) is 48.7 Å². The van der Waals surface area contributed by atoms with Crippen molar-refractivity contribution < 1.29 is 14.1 Å². The van der Waals surface area contributed by atoms with Gasteiger partial charge in [0.2, 0.25) is 0 Å². The van der Waals surface area contributed by atoms with Gasteiger partial charge in [0.1, 0.15) is 12.9 Å². The minimum absolute atomic E-state index is 0.0241. The highest BCUT2D eigenvalue weighted by Crippen LogP contribution is 2.30. The second-order valence-corrected chi connectivity index (χ2v) is 5.82. The predicted octanol–water partition coefficient (Wildman–Crippen LogP) is 3.50. The van der Waals surface area contributed by atoms with Gasteiger partial charge in [0, 0.05) is 10.4 Å². The van der Waals surface area contributed by atoms with Gasteiger partial charge in [0.25, 0.3) is 11.4 Å². The third-order valence-electron chi connectivity index (χ3n) is 3.86. The Labute approximate surface area is 136 Å². The normalized spacial score (nSPS) is 11.4. The van der Waals surface area contributed by atoms with Crippen LogP contribution in [0.2, 0.25) is 5.02 Å². The summed E-state index contributed by atoms with van der Waals surface area (Å²) >= 11 is 5.90. The molecule has 0 atom stereocenters. The molecule has 0 spiro atoms. The molecule has 0 unspecified atom stereocenters. The lowest BCUT2D eigenvalue weighted by atomic mass is 10.1. The van der Waals surface area contributed by atoms with Gasteiger partial charge in [-0.3, -0.25) is 0 Å². The molecule has 1 N–H and O–H groups in total. The van der Waals surface area contributed by atoms with Crippen molar-refractivity contribution in [3.63, 3.8) is 0 Å². The molecule has 4 rings (SSSR count). The fraction of sp³-hybridized carbons (Fsp3) is 0.0588. The fourth-order valence-corrected chi connectivity index (χ4v) is 2.92. The van der Waals surface area contributed by atoms with Crippen LogP contribution in [0.3, 0.4) is 0 Å². The Hall–Kier alpha value is -2.66. The lowest BCUT2D eigenvalue weighted by molar-refractivity contribution is -0.643. The molecule has 23 heavy (non-hydrogen) atoms. The predicted molar refractivity (Wildman–Crippen MR) is 86.4 cm³/mol. The molecule has 4 aromatic rings. The number of hydrogen-bond donors (Lipinski definition) is 1. The zero-order valence-corrected chi connectivity index (χ0v) is 12.9. The molecule has 4 nitrogen and oxygen atoms in total.